The average Bonchev–Trinajstić information content (AvgIpc) is 2.30. The molecule has 0 bridgehead atoms. The van der Waals surface area contributed by atoms with E-state index < -0.39 is 17.7 Å². The van der Waals surface area contributed by atoms with Gasteiger partial charge in [-0.1, -0.05) is 42.5 Å². The summed E-state index contributed by atoms with van der Waals surface area (Å²) in [5.41, 5.74) is 1.09. The summed E-state index contributed by atoms with van der Waals surface area (Å²) in [6.07, 6.45) is 0. The fourth-order valence-corrected chi connectivity index (χ4v) is 1.81. The van der Waals surface area contributed by atoms with Crippen LogP contribution in [0.4, 0.5) is 4.39 Å². The third-order valence-electron chi connectivity index (χ3n) is 2.56. The number of carboxylic acid groups (broad SMARTS) is 1. The van der Waals surface area contributed by atoms with Gasteiger partial charge in [0, 0.05) is 0 Å². The maximum absolute atomic E-state index is 13.1. The molecule has 0 aromatic heterocycles. The Hall–Kier alpha value is -2.16. The van der Waals surface area contributed by atoms with Crippen molar-refractivity contribution in [1.82, 2.24) is 0 Å². The van der Waals surface area contributed by atoms with Gasteiger partial charge in [0.1, 0.15) is 11.7 Å². The van der Waals surface area contributed by atoms with Gasteiger partial charge in [0.2, 0.25) is 0 Å². The van der Waals surface area contributed by atoms with Crippen LogP contribution in [0.25, 0.3) is 0 Å². The molecular formula is C14H11FO2. The maximum atomic E-state index is 13.1. The summed E-state index contributed by atoms with van der Waals surface area (Å²) in [6, 6.07) is 14.5. The zero-order chi connectivity index (χ0) is 12.3. The predicted octanol–water partition coefficient (Wildman–Crippen LogP) is 3.04. The van der Waals surface area contributed by atoms with E-state index in [0.29, 0.717) is 11.1 Å². The first-order chi connectivity index (χ1) is 8.18. The van der Waals surface area contributed by atoms with E-state index in [1.54, 1.807) is 30.3 Å². The molecular weight excluding hydrogens is 219 g/mol. The summed E-state index contributed by atoms with van der Waals surface area (Å²) < 4.78 is 13.1. The Balaban J connectivity index is 2.47. The van der Waals surface area contributed by atoms with Gasteiger partial charge in [0.15, 0.2) is 0 Å². The molecule has 3 heteroatoms. The van der Waals surface area contributed by atoms with E-state index in [1.165, 1.54) is 18.2 Å². The molecule has 0 aliphatic carbocycles. The van der Waals surface area contributed by atoms with E-state index >= 15 is 0 Å². The maximum Gasteiger partial charge on any atom is 0.315 e. The second-order valence-electron chi connectivity index (χ2n) is 3.74. The molecule has 2 rings (SSSR count). The Morgan fingerprint density at radius 1 is 1.00 bits per heavy atom. The zero-order valence-corrected chi connectivity index (χ0v) is 9.01. The highest BCUT2D eigenvalue weighted by atomic mass is 19.1. The third kappa shape index (κ3) is 2.50. The quantitative estimate of drug-likeness (QED) is 0.879. The molecule has 2 aromatic carbocycles. The Morgan fingerprint density at radius 2 is 1.65 bits per heavy atom. The highest BCUT2D eigenvalue weighted by Crippen LogP contribution is 2.25. The lowest BCUT2D eigenvalue weighted by Crippen LogP contribution is -2.13. The van der Waals surface area contributed by atoms with Crippen LogP contribution < -0.4 is 0 Å². The van der Waals surface area contributed by atoms with Gasteiger partial charge in [0.25, 0.3) is 0 Å². The van der Waals surface area contributed by atoms with E-state index in [9.17, 15) is 14.3 Å². The van der Waals surface area contributed by atoms with Gasteiger partial charge in [-0.05, 0) is 23.3 Å². The van der Waals surface area contributed by atoms with E-state index in [0.717, 1.165) is 0 Å². The fourth-order valence-electron chi connectivity index (χ4n) is 1.81. The zero-order valence-electron chi connectivity index (χ0n) is 9.01. The van der Waals surface area contributed by atoms with Crippen molar-refractivity contribution in [3.8, 4) is 0 Å². The van der Waals surface area contributed by atoms with Crippen LogP contribution in [-0.2, 0) is 4.79 Å². The monoisotopic (exact) mass is 230 g/mol. The van der Waals surface area contributed by atoms with Crippen molar-refractivity contribution in [2.24, 2.45) is 0 Å². The molecule has 86 valence electrons. The van der Waals surface area contributed by atoms with Crippen LogP contribution in [0.2, 0.25) is 0 Å². The number of halogens is 1. The van der Waals surface area contributed by atoms with Crippen LogP contribution in [0.15, 0.2) is 54.6 Å². The molecule has 0 radical (unpaired) electrons. The summed E-state index contributed by atoms with van der Waals surface area (Å²) in [4.78, 5) is 11.3. The van der Waals surface area contributed by atoms with Gasteiger partial charge in [-0.2, -0.15) is 0 Å². The molecule has 0 heterocycles. The summed E-state index contributed by atoms with van der Waals surface area (Å²) >= 11 is 0. The van der Waals surface area contributed by atoms with E-state index in [-0.39, 0.29) is 0 Å². The highest BCUT2D eigenvalue weighted by molar-refractivity contribution is 5.80. The minimum Gasteiger partial charge on any atom is -0.481 e. The molecule has 2 nitrogen and oxygen atoms in total. The Labute approximate surface area is 98.3 Å². The van der Waals surface area contributed by atoms with Crippen molar-refractivity contribution in [1.29, 1.82) is 0 Å². The molecule has 0 spiro atoms. The van der Waals surface area contributed by atoms with Crippen LogP contribution >= 0.6 is 0 Å². The van der Waals surface area contributed by atoms with Gasteiger partial charge in [0.05, 0.1) is 0 Å². The van der Waals surface area contributed by atoms with Crippen molar-refractivity contribution in [3.05, 3.63) is 71.5 Å². The lowest BCUT2D eigenvalue weighted by atomic mass is 9.91. The summed E-state index contributed by atoms with van der Waals surface area (Å²) in [6.45, 7) is 0. The number of benzene rings is 2. The largest absolute Gasteiger partial charge is 0.481 e. The van der Waals surface area contributed by atoms with Gasteiger partial charge in [-0.25, -0.2) is 4.39 Å². The number of carbonyl (C=O) groups is 1. The molecule has 1 unspecified atom stereocenters. The normalized spacial score (nSPS) is 12.1. The minimum atomic E-state index is -0.984. The Kier molecular flexibility index (Phi) is 3.19. The second-order valence-corrected chi connectivity index (χ2v) is 3.74. The first-order valence-electron chi connectivity index (χ1n) is 5.21. The molecule has 1 atom stereocenters. The van der Waals surface area contributed by atoms with E-state index in [4.69, 9.17) is 0 Å². The number of hydrogen-bond acceptors (Lipinski definition) is 1. The lowest BCUT2D eigenvalue weighted by Gasteiger charge is -2.13. The first-order valence-corrected chi connectivity index (χ1v) is 5.21. The molecule has 0 saturated carbocycles. The van der Waals surface area contributed by atoms with Crippen LogP contribution in [0.3, 0.4) is 0 Å². The molecule has 1 N–H and O–H groups in total. The fraction of sp³-hybridized carbons (Fsp3) is 0.0714. The predicted molar refractivity (Wildman–Crippen MR) is 62.3 cm³/mol. The third-order valence-corrected chi connectivity index (χ3v) is 2.56. The number of hydrogen-bond donors (Lipinski definition) is 1. The standard InChI is InChI=1S/C14H11FO2/c15-12-8-4-7-11(9-12)13(14(16)17)10-5-2-1-3-6-10/h1-9,13H,(H,16,17). The van der Waals surface area contributed by atoms with Crippen LogP contribution in [0.1, 0.15) is 17.0 Å². The number of aliphatic carboxylic acids is 1. The van der Waals surface area contributed by atoms with Crippen LogP contribution in [0.5, 0.6) is 0 Å². The van der Waals surface area contributed by atoms with Crippen molar-refractivity contribution >= 4 is 5.97 Å². The van der Waals surface area contributed by atoms with E-state index in [2.05, 4.69) is 0 Å². The van der Waals surface area contributed by atoms with Crippen molar-refractivity contribution in [3.63, 3.8) is 0 Å². The van der Waals surface area contributed by atoms with Gasteiger partial charge < -0.3 is 5.11 Å². The van der Waals surface area contributed by atoms with Crippen molar-refractivity contribution < 1.29 is 14.3 Å². The number of carboxylic acids is 1. The topological polar surface area (TPSA) is 37.3 Å². The summed E-state index contributed by atoms with van der Waals surface area (Å²) in [5, 5.41) is 9.25. The molecule has 17 heavy (non-hydrogen) atoms. The van der Waals surface area contributed by atoms with Gasteiger partial charge >= 0.3 is 5.97 Å². The Morgan fingerprint density at radius 3 is 2.24 bits per heavy atom. The van der Waals surface area contributed by atoms with Crippen LogP contribution in [0, 0.1) is 5.82 Å². The van der Waals surface area contributed by atoms with E-state index in [1.807, 2.05) is 6.07 Å². The van der Waals surface area contributed by atoms with Crippen molar-refractivity contribution in [2.75, 3.05) is 0 Å². The van der Waals surface area contributed by atoms with Gasteiger partial charge in [-0.15, -0.1) is 0 Å². The lowest BCUT2D eigenvalue weighted by molar-refractivity contribution is -0.137. The van der Waals surface area contributed by atoms with Crippen molar-refractivity contribution in [2.45, 2.75) is 5.92 Å². The number of rotatable bonds is 3. The minimum absolute atomic E-state index is 0.426. The van der Waals surface area contributed by atoms with Gasteiger partial charge in [-0.3, -0.25) is 4.79 Å². The second kappa shape index (κ2) is 4.78. The highest BCUT2D eigenvalue weighted by Gasteiger charge is 2.21. The smallest absolute Gasteiger partial charge is 0.315 e. The SMILES string of the molecule is O=C(O)C(c1ccccc1)c1cccc(F)c1. The molecule has 0 aliphatic rings. The molecule has 0 aliphatic heterocycles. The Bertz CT molecular complexity index is 523. The molecule has 2 aromatic rings. The molecule has 0 fully saturated rings. The first kappa shape index (κ1) is 11.3. The average molecular weight is 230 g/mol. The summed E-state index contributed by atoms with van der Waals surface area (Å²) in [5.74, 6) is -2.24. The van der Waals surface area contributed by atoms with Crippen LogP contribution in [-0.4, -0.2) is 11.1 Å². The molecule has 0 saturated heterocycles. The summed E-state index contributed by atoms with van der Waals surface area (Å²) in [7, 11) is 0. The molecule has 0 amide bonds.